The number of hydrogen-bond donors (Lipinski definition) is 1. The molecule has 0 spiro atoms. The van der Waals surface area contributed by atoms with E-state index in [0.717, 1.165) is 39.3 Å². The van der Waals surface area contributed by atoms with Crippen molar-refractivity contribution in [2.45, 2.75) is 19.0 Å². The molecular formula is C19H29N3O3. The van der Waals surface area contributed by atoms with Crippen molar-refractivity contribution in [1.82, 2.24) is 15.1 Å². The summed E-state index contributed by atoms with van der Waals surface area (Å²) in [5.41, 5.74) is 1.17. The van der Waals surface area contributed by atoms with Crippen molar-refractivity contribution in [2.24, 2.45) is 0 Å². The summed E-state index contributed by atoms with van der Waals surface area (Å²) < 4.78 is 11.0. The Kier molecular flexibility index (Phi) is 6.81. The first-order chi connectivity index (χ1) is 12.3. The molecule has 138 valence electrons. The molecule has 0 amide bonds. The zero-order valence-electron chi connectivity index (χ0n) is 15.0. The Morgan fingerprint density at radius 1 is 1.12 bits per heavy atom. The minimum absolute atomic E-state index is 0.000417. The van der Waals surface area contributed by atoms with E-state index in [1.165, 1.54) is 5.56 Å². The van der Waals surface area contributed by atoms with Crippen molar-refractivity contribution in [1.29, 1.82) is 0 Å². The quantitative estimate of drug-likeness (QED) is 0.772. The first-order valence-electron chi connectivity index (χ1n) is 9.29. The van der Waals surface area contributed by atoms with Gasteiger partial charge in [0, 0.05) is 39.3 Å². The topological polar surface area (TPSA) is 54.0 Å². The lowest BCUT2D eigenvalue weighted by Gasteiger charge is -2.43. The molecule has 2 heterocycles. The van der Waals surface area contributed by atoms with Crippen LogP contribution in [0, 0.1) is 0 Å². The summed E-state index contributed by atoms with van der Waals surface area (Å²) in [6, 6.07) is 10.1. The lowest BCUT2D eigenvalue weighted by atomic mass is 9.95. The summed E-state index contributed by atoms with van der Waals surface area (Å²) in [4.78, 5) is 17.6. The van der Waals surface area contributed by atoms with Crippen LogP contribution in [0.25, 0.3) is 0 Å². The molecule has 6 heteroatoms. The number of nitrogens with zero attached hydrogens (tertiary/aromatic N) is 2. The smallest absolute Gasteiger partial charge is 0.325 e. The lowest BCUT2D eigenvalue weighted by molar-refractivity contribution is -0.155. The summed E-state index contributed by atoms with van der Waals surface area (Å²) in [5.74, 6) is -0.128. The van der Waals surface area contributed by atoms with Crippen molar-refractivity contribution in [3.63, 3.8) is 0 Å². The molecule has 6 nitrogen and oxygen atoms in total. The minimum atomic E-state index is -0.302. The number of rotatable bonds is 6. The van der Waals surface area contributed by atoms with E-state index in [-0.39, 0.29) is 18.1 Å². The first-order valence-corrected chi connectivity index (χ1v) is 9.29. The van der Waals surface area contributed by atoms with Gasteiger partial charge in [-0.05, 0) is 12.5 Å². The molecule has 2 aliphatic rings. The molecule has 0 radical (unpaired) electrons. The normalized spacial score (nSPS) is 22.3. The third-order valence-corrected chi connectivity index (χ3v) is 4.95. The molecule has 0 bridgehead atoms. The fraction of sp³-hybridized carbons (Fsp3) is 0.632. The lowest BCUT2D eigenvalue weighted by Crippen LogP contribution is -2.57. The molecule has 0 unspecified atom stereocenters. The molecule has 2 atom stereocenters. The standard InChI is InChI=1S/C19H29N3O3/c1-2-25-19(23)18(22-12-14-24-15-13-22)17(16-6-4-3-5-7-16)21-10-8-20-9-11-21/h3-7,17-18,20H,2,8-15H2,1H3/t17-,18+/m0/s1. The Morgan fingerprint density at radius 2 is 1.80 bits per heavy atom. The van der Waals surface area contributed by atoms with Gasteiger partial charge in [0.1, 0.15) is 6.04 Å². The number of benzene rings is 1. The molecule has 25 heavy (non-hydrogen) atoms. The van der Waals surface area contributed by atoms with E-state index in [1.54, 1.807) is 0 Å². The molecule has 2 fully saturated rings. The summed E-state index contributed by atoms with van der Waals surface area (Å²) in [6.45, 7) is 8.89. The monoisotopic (exact) mass is 347 g/mol. The molecule has 3 rings (SSSR count). The van der Waals surface area contributed by atoms with E-state index in [4.69, 9.17) is 9.47 Å². The second kappa shape index (κ2) is 9.29. The van der Waals surface area contributed by atoms with E-state index in [9.17, 15) is 4.79 Å². The molecule has 0 saturated carbocycles. The third kappa shape index (κ3) is 4.58. The van der Waals surface area contributed by atoms with Gasteiger partial charge in [-0.15, -0.1) is 0 Å². The van der Waals surface area contributed by atoms with Crippen LogP contribution in [0.1, 0.15) is 18.5 Å². The molecule has 2 saturated heterocycles. The second-order valence-electron chi connectivity index (χ2n) is 6.49. The van der Waals surface area contributed by atoms with Crippen molar-refractivity contribution in [3.8, 4) is 0 Å². The maximum atomic E-state index is 13.0. The Bertz CT molecular complexity index is 528. The van der Waals surface area contributed by atoms with Crippen LogP contribution in [0.4, 0.5) is 0 Å². The summed E-state index contributed by atoms with van der Waals surface area (Å²) >= 11 is 0. The maximum absolute atomic E-state index is 13.0. The Hall–Kier alpha value is -1.47. The van der Waals surface area contributed by atoms with Crippen LogP contribution in [0.15, 0.2) is 30.3 Å². The molecule has 1 aromatic carbocycles. The molecule has 1 N–H and O–H groups in total. The fourth-order valence-corrected chi connectivity index (χ4v) is 3.76. The zero-order valence-corrected chi connectivity index (χ0v) is 15.0. The Balaban J connectivity index is 1.93. The van der Waals surface area contributed by atoms with Crippen molar-refractivity contribution in [3.05, 3.63) is 35.9 Å². The van der Waals surface area contributed by atoms with Crippen LogP contribution in [0.3, 0.4) is 0 Å². The maximum Gasteiger partial charge on any atom is 0.325 e. The second-order valence-corrected chi connectivity index (χ2v) is 6.49. The third-order valence-electron chi connectivity index (χ3n) is 4.95. The number of ether oxygens (including phenoxy) is 2. The van der Waals surface area contributed by atoms with Crippen LogP contribution in [-0.4, -0.2) is 80.9 Å². The number of carbonyl (C=O) groups excluding carboxylic acids is 1. The average molecular weight is 347 g/mol. The molecule has 2 aliphatic heterocycles. The highest BCUT2D eigenvalue weighted by atomic mass is 16.5. The Labute approximate surface area is 150 Å². The van der Waals surface area contributed by atoms with Crippen LogP contribution < -0.4 is 5.32 Å². The van der Waals surface area contributed by atoms with Crippen LogP contribution in [0.5, 0.6) is 0 Å². The van der Waals surface area contributed by atoms with E-state index < -0.39 is 0 Å². The number of carbonyl (C=O) groups is 1. The van der Waals surface area contributed by atoms with E-state index in [1.807, 2.05) is 25.1 Å². The minimum Gasteiger partial charge on any atom is -0.465 e. The van der Waals surface area contributed by atoms with E-state index in [0.29, 0.717) is 19.8 Å². The van der Waals surface area contributed by atoms with Crippen molar-refractivity contribution in [2.75, 3.05) is 59.1 Å². The molecule has 0 aromatic heterocycles. The van der Waals surface area contributed by atoms with Gasteiger partial charge in [0.2, 0.25) is 0 Å². The van der Waals surface area contributed by atoms with E-state index in [2.05, 4.69) is 27.2 Å². The molecule has 0 aliphatic carbocycles. The van der Waals surface area contributed by atoms with Gasteiger partial charge in [-0.2, -0.15) is 0 Å². The molecule has 1 aromatic rings. The Morgan fingerprint density at radius 3 is 2.44 bits per heavy atom. The number of nitrogens with one attached hydrogen (secondary N) is 1. The number of esters is 1. The fourth-order valence-electron chi connectivity index (χ4n) is 3.76. The number of morpholine rings is 1. The molecular weight excluding hydrogens is 318 g/mol. The predicted molar refractivity (Wildman–Crippen MR) is 96.4 cm³/mol. The zero-order chi connectivity index (χ0) is 17.5. The largest absolute Gasteiger partial charge is 0.465 e. The summed E-state index contributed by atoms with van der Waals surface area (Å²) in [6.07, 6.45) is 0. The SMILES string of the molecule is CCOC(=O)[C@@H]([C@H](c1ccccc1)N1CCNCC1)N1CCOCC1. The summed E-state index contributed by atoms with van der Waals surface area (Å²) in [7, 11) is 0. The average Bonchev–Trinajstić information content (AvgIpc) is 2.68. The highest BCUT2D eigenvalue weighted by molar-refractivity contribution is 5.77. The van der Waals surface area contributed by atoms with Gasteiger partial charge in [-0.1, -0.05) is 30.3 Å². The van der Waals surface area contributed by atoms with Crippen LogP contribution >= 0.6 is 0 Å². The first kappa shape index (κ1) is 18.3. The number of hydrogen-bond acceptors (Lipinski definition) is 6. The van der Waals surface area contributed by atoms with Crippen LogP contribution in [0.2, 0.25) is 0 Å². The van der Waals surface area contributed by atoms with Gasteiger partial charge >= 0.3 is 5.97 Å². The van der Waals surface area contributed by atoms with Gasteiger partial charge in [0.15, 0.2) is 0 Å². The summed E-state index contributed by atoms with van der Waals surface area (Å²) in [5, 5.41) is 3.40. The predicted octanol–water partition coefficient (Wildman–Crippen LogP) is 0.897. The van der Waals surface area contributed by atoms with Crippen molar-refractivity contribution >= 4 is 5.97 Å². The van der Waals surface area contributed by atoms with Crippen LogP contribution in [-0.2, 0) is 14.3 Å². The highest BCUT2D eigenvalue weighted by Gasteiger charge is 2.40. The van der Waals surface area contributed by atoms with Gasteiger partial charge in [-0.3, -0.25) is 14.6 Å². The van der Waals surface area contributed by atoms with Gasteiger partial charge in [0.05, 0.1) is 25.9 Å². The van der Waals surface area contributed by atoms with E-state index >= 15 is 0 Å². The van der Waals surface area contributed by atoms with Gasteiger partial charge in [0.25, 0.3) is 0 Å². The highest BCUT2D eigenvalue weighted by Crippen LogP contribution is 2.29. The van der Waals surface area contributed by atoms with Crippen molar-refractivity contribution < 1.29 is 14.3 Å². The van der Waals surface area contributed by atoms with Gasteiger partial charge < -0.3 is 14.8 Å². The van der Waals surface area contributed by atoms with Gasteiger partial charge in [-0.25, -0.2) is 0 Å². The number of piperazine rings is 1.